The number of carbonyl (C=O) groups is 2. The second kappa shape index (κ2) is 6.18. The minimum atomic E-state index is -0.0487. The highest BCUT2D eigenvalue weighted by Gasteiger charge is 2.21. The smallest absolute Gasteiger partial charge is 0.236 e. The number of carbonyl (C=O) groups excluding carboxylic acids is 2. The Balaban J connectivity index is 2.43. The fourth-order valence-corrected chi connectivity index (χ4v) is 1.93. The average Bonchev–Trinajstić information content (AvgIpc) is 2.50. The molecule has 104 valence electrons. The molecular formula is C13H25N3O2. The Labute approximate surface area is 110 Å². The first-order chi connectivity index (χ1) is 8.29. The minimum Gasteiger partial charge on any atom is -0.341 e. The zero-order valence-electron chi connectivity index (χ0n) is 12.0. The lowest BCUT2D eigenvalue weighted by molar-refractivity contribution is -0.132. The molecule has 1 aliphatic heterocycles. The van der Waals surface area contributed by atoms with Crippen molar-refractivity contribution in [3.63, 3.8) is 0 Å². The van der Waals surface area contributed by atoms with E-state index in [1.807, 2.05) is 30.6 Å². The summed E-state index contributed by atoms with van der Waals surface area (Å²) in [6.07, 6.45) is 0.862. The predicted molar refractivity (Wildman–Crippen MR) is 71.2 cm³/mol. The summed E-state index contributed by atoms with van der Waals surface area (Å²) in [6, 6.07) is 0. The fraction of sp³-hybridized carbons (Fsp3) is 0.846. The lowest BCUT2D eigenvalue weighted by Gasteiger charge is -2.25. The number of nitrogens with one attached hydrogen (secondary N) is 1. The number of rotatable bonds is 2. The highest BCUT2D eigenvalue weighted by molar-refractivity contribution is 5.78. The van der Waals surface area contributed by atoms with Gasteiger partial charge in [0.05, 0.1) is 6.54 Å². The van der Waals surface area contributed by atoms with Gasteiger partial charge in [-0.2, -0.15) is 0 Å². The molecule has 0 radical (unpaired) electrons. The van der Waals surface area contributed by atoms with Crippen molar-refractivity contribution in [2.45, 2.75) is 39.7 Å². The van der Waals surface area contributed by atoms with Gasteiger partial charge in [0.15, 0.2) is 0 Å². The van der Waals surface area contributed by atoms with Crippen LogP contribution in [0.5, 0.6) is 0 Å². The van der Waals surface area contributed by atoms with Crippen LogP contribution in [0.25, 0.3) is 0 Å². The Kier molecular flexibility index (Phi) is 5.14. The van der Waals surface area contributed by atoms with Crippen molar-refractivity contribution in [3.05, 3.63) is 0 Å². The summed E-state index contributed by atoms with van der Waals surface area (Å²) in [6.45, 7) is 10.9. The van der Waals surface area contributed by atoms with Crippen LogP contribution in [0.4, 0.5) is 0 Å². The molecule has 1 saturated heterocycles. The van der Waals surface area contributed by atoms with Gasteiger partial charge < -0.3 is 15.1 Å². The maximum atomic E-state index is 12.0. The summed E-state index contributed by atoms with van der Waals surface area (Å²) in [5.41, 5.74) is -0.0487. The monoisotopic (exact) mass is 255 g/mol. The average molecular weight is 255 g/mol. The second-order valence-corrected chi connectivity index (χ2v) is 5.84. The summed E-state index contributed by atoms with van der Waals surface area (Å²) in [7, 11) is 0. The summed E-state index contributed by atoms with van der Waals surface area (Å²) < 4.78 is 0. The predicted octanol–water partition coefficient (Wildman–Crippen LogP) is 0.455. The zero-order valence-corrected chi connectivity index (χ0v) is 12.0. The lowest BCUT2D eigenvalue weighted by atomic mass is 10.1. The second-order valence-electron chi connectivity index (χ2n) is 5.84. The van der Waals surface area contributed by atoms with E-state index < -0.39 is 0 Å². The van der Waals surface area contributed by atoms with Crippen LogP contribution in [-0.2, 0) is 9.59 Å². The molecule has 18 heavy (non-hydrogen) atoms. The van der Waals surface area contributed by atoms with Crippen LogP contribution in [0.3, 0.4) is 0 Å². The first-order valence-electron chi connectivity index (χ1n) is 6.58. The Bertz CT molecular complexity index is 310. The van der Waals surface area contributed by atoms with Crippen molar-refractivity contribution in [2.24, 2.45) is 0 Å². The van der Waals surface area contributed by atoms with Gasteiger partial charge in [-0.1, -0.05) is 0 Å². The van der Waals surface area contributed by atoms with Gasteiger partial charge in [-0.3, -0.25) is 9.59 Å². The van der Waals surface area contributed by atoms with Gasteiger partial charge in [-0.05, 0) is 27.2 Å². The molecule has 0 saturated carbocycles. The van der Waals surface area contributed by atoms with Gasteiger partial charge >= 0.3 is 0 Å². The molecule has 1 aliphatic rings. The van der Waals surface area contributed by atoms with Crippen molar-refractivity contribution in [1.82, 2.24) is 15.1 Å². The van der Waals surface area contributed by atoms with E-state index in [2.05, 4.69) is 5.32 Å². The van der Waals surface area contributed by atoms with Gasteiger partial charge in [0.25, 0.3) is 0 Å². The van der Waals surface area contributed by atoms with E-state index in [1.165, 1.54) is 0 Å². The van der Waals surface area contributed by atoms with Crippen LogP contribution in [0.2, 0.25) is 0 Å². The Hall–Kier alpha value is -1.10. The summed E-state index contributed by atoms with van der Waals surface area (Å²) >= 11 is 0. The van der Waals surface area contributed by atoms with Crippen molar-refractivity contribution in [1.29, 1.82) is 0 Å². The molecule has 0 aromatic carbocycles. The molecule has 2 amide bonds. The lowest BCUT2D eigenvalue weighted by Crippen LogP contribution is -2.46. The molecule has 1 N–H and O–H groups in total. The summed E-state index contributed by atoms with van der Waals surface area (Å²) in [5.74, 6) is 0.215. The quantitative estimate of drug-likeness (QED) is 0.780. The van der Waals surface area contributed by atoms with Gasteiger partial charge in [0, 0.05) is 38.6 Å². The van der Waals surface area contributed by atoms with Crippen molar-refractivity contribution in [2.75, 3.05) is 32.7 Å². The van der Waals surface area contributed by atoms with Crippen LogP contribution in [-0.4, -0.2) is 59.9 Å². The first kappa shape index (κ1) is 15.0. The Morgan fingerprint density at radius 1 is 1.06 bits per heavy atom. The number of hydrogen-bond acceptors (Lipinski definition) is 3. The topological polar surface area (TPSA) is 52.7 Å². The molecular weight excluding hydrogens is 230 g/mol. The maximum Gasteiger partial charge on any atom is 0.236 e. The first-order valence-corrected chi connectivity index (χ1v) is 6.58. The van der Waals surface area contributed by atoms with Crippen LogP contribution in [0.15, 0.2) is 0 Å². The van der Waals surface area contributed by atoms with E-state index in [0.717, 1.165) is 19.5 Å². The van der Waals surface area contributed by atoms with Gasteiger partial charge in [0.2, 0.25) is 11.8 Å². The van der Waals surface area contributed by atoms with E-state index in [9.17, 15) is 9.59 Å². The van der Waals surface area contributed by atoms with Crippen LogP contribution >= 0.6 is 0 Å². The highest BCUT2D eigenvalue weighted by Crippen LogP contribution is 2.04. The van der Waals surface area contributed by atoms with E-state index in [0.29, 0.717) is 19.6 Å². The molecule has 1 heterocycles. The normalized spacial score (nSPS) is 17.6. The van der Waals surface area contributed by atoms with Gasteiger partial charge in [-0.25, -0.2) is 0 Å². The summed E-state index contributed by atoms with van der Waals surface area (Å²) in [5, 5.41) is 3.20. The molecule has 5 heteroatoms. The largest absolute Gasteiger partial charge is 0.341 e. The molecule has 1 rings (SSSR count). The van der Waals surface area contributed by atoms with Crippen LogP contribution in [0.1, 0.15) is 34.1 Å². The van der Waals surface area contributed by atoms with Crippen molar-refractivity contribution in [3.8, 4) is 0 Å². The molecule has 0 aliphatic carbocycles. The van der Waals surface area contributed by atoms with Crippen molar-refractivity contribution >= 4 is 11.8 Å². The Morgan fingerprint density at radius 2 is 1.61 bits per heavy atom. The molecule has 1 fully saturated rings. The minimum absolute atomic E-state index is 0.0487. The van der Waals surface area contributed by atoms with Crippen molar-refractivity contribution < 1.29 is 9.59 Å². The SMILES string of the molecule is CC(=O)N1CCCN(C(=O)CNC(C)(C)C)CC1. The third kappa shape index (κ3) is 5.04. The molecule has 5 nitrogen and oxygen atoms in total. The third-order valence-electron chi connectivity index (χ3n) is 3.06. The Morgan fingerprint density at radius 3 is 2.17 bits per heavy atom. The van der Waals surface area contributed by atoms with Crippen LogP contribution < -0.4 is 5.32 Å². The molecule has 0 unspecified atom stereocenters. The molecule has 0 aromatic rings. The molecule has 0 atom stereocenters. The molecule has 0 spiro atoms. The molecule has 0 bridgehead atoms. The zero-order chi connectivity index (χ0) is 13.8. The van der Waals surface area contributed by atoms with E-state index in [-0.39, 0.29) is 17.4 Å². The molecule has 0 aromatic heterocycles. The van der Waals surface area contributed by atoms with Gasteiger partial charge in [-0.15, -0.1) is 0 Å². The standard InChI is InChI=1S/C13H25N3O2/c1-11(17)15-6-5-7-16(9-8-15)12(18)10-14-13(2,3)4/h14H,5-10H2,1-4H3. The maximum absolute atomic E-state index is 12.0. The summed E-state index contributed by atoms with van der Waals surface area (Å²) in [4.78, 5) is 27.0. The van der Waals surface area contributed by atoms with E-state index in [1.54, 1.807) is 6.92 Å². The number of amides is 2. The number of nitrogens with zero attached hydrogens (tertiary/aromatic N) is 2. The van der Waals surface area contributed by atoms with Gasteiger partial charge in [0.1, 0.15) is 0 Å². The number of hydrogen-bond donors (Lipinski definition) is 1. The highest BCUT2D eigenvalue weighted by atomic mass is 16.2. The van der Waals surface area contributed by atoms with E-state index in [4.69, 9.17) is 0 Å². The van der Waals surface area contributed by atoms with E-state index >= 15 is 0 Å². The third-order valence-corrected chi connectivity index (χ3v) is 3.06. The fourth-order valence-electron chi connectivity index (χ4n) is 1.93. The van der Waals surface area contributed by atoms with Crippen LogP contribution in [0, 0.1) is 0 Å².